The summed E-state index contributed by atoms with van der Waals surface area (Å²) in [7, 11) is 0. The number of aromatic nitrogens is 4. The van der Waals surface area contributed by atoms with E-state index < -0.39 is 0 Å². The van der Waals surface area contributed by atoms with E-state index >= 15 is 0 Å². The summed E-state index contributed by atoms with van der Waals surface area (Å²) in [5, 5.41) is 14.0. The number of benzene rings is 1. The van der Waals surface area contributed by atoms with Crippen molar-refractivity contribution < 1.29 is 4.79 Å². The number of carbonyl (C=O) groups excluding carboxylic acids is 1. The van der Waals surface area contributed by atoms with Gasteiger partial charge in [0.15, 0.2) is 0 Å². The Hall–Kier alpha value is -2.67. The lowest BCUT2D eigenvalue weighted by molar-refractivity contribution is -0.118. The van der Waals surface area contributed by atoms with Gasteiger partial charge in [-0.25, -0.2) is 4.98 Å². The Kier molecular flexibility index (Phi) is 2.71. The molecule has 7 nitrogen and oxygen atoms in total. The van der Waals surface area contributed by atoms with Crippen molar-refractivity contribution in [2.75, 3.05) is 5.32 Å². The average molecular weight is 282 g/mol. The Morgan fingerprint density at radius 2 is 2.33 bits per heavy atom. The fourth-order valence-electron chi connectivity index (χ4n) is 2.65. The summed E-state index contributed by atoms with van der Waals surface area (Å²) < 4.78 is 0. The maximum atomic E-state index is 12.4. The fourth-order valence-corrected chi connectivity index (χ4v) is 2.65. The first-order valence-corrected chi connectivity index (χ1v) is 6.79. The number of nitrogens with zero attached hydrogens (tertiary/aromatic N) is 2. The van der Waals surface area contributed by atoms with Gasteiger partial charge in [0.25, 0.3) is 0 Å². The van der Waals surface area contributed by atoms with Crippen LogP contribution in [-0.4, -0.2) is 32.1 Å². The highest BCUT2D eigenvalue weighted by Gasteiger charge is 2.26. The molecule has 0 radical (unpaired) electrons. The van der Waals surface area contributed by atoms with E-state index in [1.165, 1.54) is 0 Å². The molecule has 0 saturated heterocycles. The molecule has 0 bridgehead atoms. The molecule has 0 fully saturated rings. The molecule has 4 rings (SSSR count). The van der Waals surface area contributed by atoms with E-state index in [1.54, 1.807) is 12.5 Å². The Balaban J connectivity index is 1.55. The lowest BCUT2D eigenvalue weighted by Crippen LogP contribution is -2.44. The van der Waals surface area contributed by atoms with E-state index in [0.717, 1.165) is 28.0 Å². The van der Waals surface area contributed by atoms with Gasteiger partial charge >= 0.3 is 0 Å². The Labute approximate surface area is 120 Å². The molecule has 1 unspecified atom stereocenters. The van der Waals surface area contributed by atoms with Gasteiger partial charge in [0.1, 0.15) is 0 Å². The maximum Gasteiger partial charge on any atom is 0.241 e. The number of H-pyrrole nitrogens is 2. The van der Waals surface area contributed by atoms with E-state index in [9.17, 15) is 4.79 Å². The fraction of sp³-hybridized carbons (Fsp3) is 0.214. The first-order valence-electron chi connectivity index (χ1n) is 6.79. The van der Waals surface area contributed by atoms with Gasteiger partial charge < -0.3 is 10.3 Å². The van der Waals surface area contributed by atoms with Crippen LogP contribution in [0.2, 0.25) is 0 Å². The second-order valence-electron chi connectivity index (χ2n) is 5.09. The molecule has 21 heavy (non-hydrogen) atoms. The third-order valence-corrected chi connectivity index (χ3v) is 3.78. The molecule has 4 N–H and O–H groups in total. The zero-order chi connectivity index (χ0) is 14.2. The standard InChI is InChI=1S/C14H14N6O/c21-14(11-4-10-12(6-15-11)17-7-16-10)19-9-3-1-2-8-5-18-20-13(8)9/h1-3,5,7,11,15H,4,6H2,(H,16,17)(H,18,20)(H,19,21). The Morgan fingerprint density at radius 1 is 1.38 bits per heavy atom. The van der Waals surface area contributed by atoms with Crippen molar-refractivity contribution in [3.8, 4) is 0 Å². The largest absolute Gasteiger partial charge is 0.347 e. The molecule has 2 aromatic heterocycles. The lowest BCUT2D eigenvalue weighted by atomic mass is 10.0. The molecule has 1 aliphatic heterocycles. The normalized spacial score (nSPS) is 17.6. The van der Waals surface area contributed by atoms with E-state index in [2.05, 4.69) is 30.8 Å². The highest BCUT2D eigenvalue weighted by molar-refractivity contribution is 6.02. The Morgan fingerprint density at radius 3 is 3.29 bits per heavy atom. The van der Waals surface area contributed by atoms with Gasteiger partial charge in [-0.15, -0.1) is 0 Å². The number of anilines is 1. The van der Waals surface area contributed by atoms with Gasteiger partial charge in [0.2, 0.25) is 5.91 Å². The number of imidazole rings is 1. The van der Waals surface area contributed by atoms with E-state index in [1.807, 2.05) is 18.2 Å². The molecule has 1 amide bonds. The number of aromatic amines is 2. The van der Waals surface area contributed by atoms with Gasteiger partial charge in [-0.1, -0.05) is 12.1 Å². The van der Waals surface area contributed by atoms with Crippen LogP contribution in [0.4, 0.5) is 5.69 Å². The predicted octanol–water partition coefficient (Wildman–Crippen LogP) is 0.939. The van der Waals surface area contributed by atoms with Crippen molar-refractivity contribution in [3.05, 3.63) is 42.1 Å². The van der Waals surface area contributed by atoms with Crippen LogP contribution in [0.5, 0.6) is 0 Å². The van der Waals surface area contributed by atoms with Gasteiger partial charge in [-0.05, 0) is 6.07 Å². The summed E-state index contributed by atoms with van der Waals surface area (Å²) in [5.74, 6) is -0.0641. The lowest BCUT2D eigenvalue weighted by Gasteiger charge is -2.22. The number of fused-ring (bicyclic) bond motifs is 2. The number of rotatable bonds is 2. The summed E-state index contributed by atoms with van der Waals surface area (Å²) in [6.07, 6.45) is 3.99. The Bertz CT molecular complexity index is 805. The summed E-state index contributed by atoms with van der Waals surface area (Å²) in [5.41, 5.74) is 3.58. The summed E-state index contributed by atoms with van der Waals surface area (Å²) in [6.45, 7) is 0.627. The minimum atomic E-state index is -0.279. The van der Waals surface area contributed by atoms with Crippen LogP contribution < -0.4 is 10.6 Å². The third kappa shape index (κ3) is 2.07. The summed E-state index contributed by atoms with van der Waals surface area (Å²) in [6, 6.07) is 5.43. The van der Waals surface area contributed by atoms with Crippen molar-refractivity contribution in [1.29, 1.82) is 0 Å². The number of hydrogen-bond donors (Lipinski definition) is 4. The monoisotopic (exact) mass is 282 g/mol. The first kappa shape index (κ1) is 12.1. The van der Waals surface area contributed by atoms with Crippen molar-refractivity contribution in [2.45, 2.75) is 19.0 Å². The molecule has 7 heteroatoms. The van der Waals surface area contributed by atoms with E-state index in [0.29, 0.717) is 13.0 Å². The van der Waals surface area contributed by atoms with Crippen molar-refractivity contribution in [3.63, 3.8) is 0 Å². The van der Waals surface area contributed by atoms with Crippen LogP contribution in [0, 0.1) is 0 Å². The van der Waals surface area contributed by atoms with Crippen molar-refractivity contribution in [1.82, 2.24) is 25.5 Å². The maximum absolute atomic E-state index is 12.4. The molecule has 106 valence electrons. The second-order valence-corrected chi connectivity index (χ2v) is 5.09. The zero-order valence-electron chi connectivity index (χ0n) is 11.2. The van der Waals surface area contributed by atoms with Crippen LogP contribution in [0.25, 0.3) is 10.9 Å². The van der Waals surface area contributed by atoms with E-state index in [4.69, 9.17) is 0 Å². The van der Waals surface area contributed by atoms with E-state index in [-0.39, 0.29) is 11.9 Å². The zero-order valence-corrected chi connectivity index (χ0v) is 11.2. The van der Waals surface area contributed by atoms with Gasteiger partial charge in [-0.3, -0.25) is 15.2 Å². The van der Waals surface area contributed by atoms with Gasteiger partial charge in [0, 0.05) is 18.4 Å². The SMILES string of the molecule is O=C(Nc1cccc2cn[nH]c12)C1Cc2nc[nH]c2CN1. The summed E-state index contributed by atoms with van der Waals surface area (Å²) in [4.78, 5) is 19.7. The molecule has 0 aliphatic carbocycles. The molecule has 1 aromatic carbocycles. The number of hydrogen-bond acceptors (Lipinski definition) is 4. The van der Waals surface area contributed by atoms with Crippen LogP contribution in [0.1, 0.15) is 11.4 Å². The molecule has 1 aliphatic rings. The van der Waals surface area contributed by atoms with Crippen molar-refractivity contribution >= 4 is 22.5 Å². The third-order valence-electron chi connectivity index (χ3n) is 3.78. The number of para-hydroxylation sites is 1. The quantitative estimate of drug-likeness (QED) is 0.562. The molecule has 0 saturated carbocycles. The van der Waals surface area contributed by atoms with Gasteiger partial charge in [0.05, 0.1) is 41.2 Å². The highest BCUT2D eigenvalue weighted by atomic mass is 16.2. The predicted molar refractivity (Wildman–Crippen MR) is 77.6 cm³/mol. The number of amides is 1. The van der Waals surface area contributed by atoms with Crippen LogP contribution in [-0.2, 0) is 17.8 Å². The molecular formula is C14H14N6O. The smallest absolute Gasteiger partial charge is 0.241 e. The summed E-state index contributed by atoms with van der Waals surface area (Å²) >= 11 is 0. The van der Waals surface area contributed by atoms with Crippen molar-refractivity contribution in [2.24, 2.45) is 0 Å². The number of nitrogens with one attached hydrogen (secondary N) is 4. The highest BCUT2D eigenvalue weighted by Crippen LogP contribution is 2.21. The molecule has 0 spiro atoms. The number of carbonyl (C=O) groups is 1. The molecule has 3 heterocycles. The van der Waals surface area contributed by atoms with Crippen LogP contribution >= 0.6 is 0 Å². The molecule has 3 aromatic rings. The molecular weight excluding hydrogens is 268 g/mol. The topological polar surface area (TPSA) is 98.5 Å². The minimum Gasteiger partial charge on any atom is -0.347 e. The molecule has 1 atom stereocenters. The average Bonchev–Trinajstić information content (AvgIpc) is 3.15. The van der Waals surface area contributed by atoms with Gasteiger partial charge in [-0.2, -0.15) is 5.10 Å². The van der Waals surface area contributed by atoms with Crippen LogP contribution in [0.15, 0.2) is 30.7 Å². The second kappa shape index (κ2) is 4.71. The van der Waals surface area contributed by atoms with Crippen LogP contribution in [0.3, 0.4) is 0 Å². The first-order chi connectivity index (χ1) is 10.3. The minimum absolute atomic E-state index is 0.0641.